The predicted molar refractivity (Wildman–Crippen MR) is 110 cm³/mol. The third-order valence-corrected chi connectivity index (χ3v) is 7.83. The van der Waals surface area contributed by atoms with Gasteiger partial charge in [-0.1, -0.05) is 24.3 Å². The number of hydrogen-bond donors (Lipinski definition) is 1. The molecule has 0 amide bonds. The minimum Gasteiger partial charge on any atom is -0.463 e. The molecule has 2 aromatic rings. The van der Waals surface area contributed by atoms with E-state index in [0.29, 0.717) is 6.42 Å². The molecule has 3 fully saturated rings. The third kappa shape index (κ3) is 2.85. The van der Waals surface area contributed by atoms with Crippen LogP contribution in [0.25, 0.3) is 11.3 Å². The Hall–Kier alpha value is -2.14. The fourth-order valence-electron chi connectivity index (χ4n) is 5.99. The quantitative estimate of drug-likeness (QED) is 0.759. The van der Waals surface area contributed by atoms with Gasteiger partial charge in [-0.3, -0.25) is 4.79 Å². The highest BCUT2D eigenvalue weighted by Crippen LogP contribution is 2.60. The zero-order valence-corrected chi connectivity index (χ0v) is 17.3. The first-order chi connectivity index (χ1) is 13.9. The Kier molecular flexibility index (Phi) is 4.35. The van der Waals surface area contributed by atoms with E-state index in [1.807, 2.05) is 26.4 Å². The van der Waals surface area contributed by atoms with Crippen LogP contribution in [0.3, 0.4) is 0 Å². The molecule has 5 heteroatoms. The highest BCUT2D eigenvalue weighted by atomic mass is 16.5. The van der Waals surface area contributed by atoms with Crippen LogP contribution in [0.5, 0.6) is 0 Å². The van der Waals surface area contributed by atoms with Crippen molar-refractivity contribution < 1.29 is 14.6 Å². The Morgan fingerprint density at radius 3 is 2.59 bits per heavy atom. The Labute approximate surface area is 172 Å². The first kappa shape index (κ1) is 18.9. The van der Waals surface area contributed by atoms with Gasteiger partial charge in [0.1, 0.15) is 0 Å². The van der Waals surface area contributed by atoms with Crippen molar-refractivity contribution in [3.05, 3.63) is 42.4 Å². The summed E-state index contributed by atoms with van der Waals surface area (Å²) in [5.41, 5.74) is 3.25. The first-order valence-corrected chi connectivity index (χ1v) is 10.9. The van der Waals surface area contributed by atoms with Crippen LogP contribution in [-0.4, -0.2) is 32.8 Å². The second-order valence-corrected chi connectivity index (χ2v) is 9.64. The molecule has 3 saturated carbocycles. The maximum absolute atomic E-state index is 12.7. The molecule has 0 spiro atoms. The van der Waals surface area contributed by atoms with Crippen LogP contribution in [0.4, 0.5) is 0 Å². The molecule has 2 unspecified atom stereocenters. The molecular weight excluding hydrogens is 364 g/mol. The van der Waals surface area contributed by atoms with E-state index in [1.54, 1.807) is 0 Å². The lowest BCUT2D eigenvalue weighted by Crippen LogP contribution is -2.51. The van der Waals surface area contributed by atoms with E-state index in [0.717, 1.165) is 44.2 Å². The molecule has 29 heavy (non-hydrogen) atoms. The normalized spacial score (nSPS) is 30.8. The van der Waals surface area contributed by atoms with Crippen LogP contribution in [0.15, 0.2) is 36.8 Å². The molecule has 5 nitrogen and oxygen atoms in total. The van der Waals surface area contributed by atoms with Crippen LogP contribution in [0.2, 0.25) is 0 Å². The largest absolute Gasteiger partial charge is 0.463 e. The number of hydrogen-bond acceptors (Lipinski definition) is 4. The summed E-state index contributed by atoms with van der Waals surface area (Å²) in [5, 5.41) is 11.4. The number of esters is 1. The van der Waals surface area contributed by atoms with Crippen LogP contribution in [0.1, 0.15) is 70.4 Å². The van der Waals surface area contributed by atoms with Crippen molar-refractivity contribution >= 4 is 5.97 Å². The average Bonchev–Trinajstić information content (AvgIpc) is 3.31. The lowest BCUT2D eigenvalue weighted by atomic mass is 9.51. The van der Waals surface area contributed by atoms with Crippen molar-refractivity contribution in [2.24, 2.45) is 10.8 Å². The van der Waals surface area contributed by atoms with Gasteiger partial charge in [0.2, 0.25) is 0 Å². The fraction of sp³-hybridized carbons (Fsp3) is 0.583. The summed E-state index contributed by atoms with van der Waals surface area (Å²) in [7, 11) is 0. The number of fused-ring (bicyclic) bond motifs is 6. The van der Waals surface area contributed by atoms with Crippen molar-refractivity contribution in [3.8, 4) is 11.3 Å². The Balaban J connectivity index is 1.34. The SMILES string of the molecule is CC(C)OC(=O)C12CCC(C(O)CC3c4ccccc4-c4cncn43)(CC1)CC2. The van der Waals surface area contributed by atoms with Gasteiger partial charge in [0.15, 0.2) is 0 Å². The van der Waals surface area contributed by atoms with Crippen molar-refractivity contribution in [1.82, 2.24) is 9.55 Å². The summed E-state index contributed by atoms with van der Waals surface area (Å²) in [6.45, 7) is 3.83. The summed E-state index contributed by atoms with van der Waals surface area (Å²) in [6.07, 6.45) is 9.30. The summed E-state index contributed by atoms with van der Waals surface area (Å²) >= 11 is 0. The molecule has 2 heterocycles. The zero-order valence-electron chi connectivity index (χ0n) is 17.3. The van der Waals surface area contributed by atoms with Crippen molar-refractivity contribution in [2.75, 3.05) is 0 Å². The molecular formula is C24H30N2O3. The molecule has 4 aliphatic rings. The molecule has 3 aliphatic carbocycles. The zero-order chi connectivity index (χ0) is 20.2. The van der Waals surface area contributed by atoms with Gasteiger partial charge in [-0.25, -0.2) is 4.98 Å². The summed E-state index contributed by atoms with van der Waals surface area (Å²) < 4.78 is 7.78. The van der Waals surface area contributed by atoms with Gasteiger partial charge in [-0.05, 0) is 69.8 Å². The number of carbonyl (C=O) groups is 1. The van der Waals surface area contributed by atoms with Crippen molar-refractivity contribution in [3.63, 3.8) is 0 Å². The van der Waals surface area contributed by atoms with Gasteiger partial charge in [-0.2, -0.15) is 0 Å². The third-order valence-electron chi connectivity index (χ3n) is 7.83. The van der Waals surface area contributed by atoms with Gasteiger partial charge in [0.05, 0.1) is 41.9 Å². The van der Waals surface area contributed by atoms with Gasteiger partial charge in [-0.15, -0.1) is 0 Å². The Bertz CT molecular complexity index is 907. The monoisotopic (exact) mass is 394 g/mol. The molecule has 0 saturated heterocycles. The minimum absolute atomic E-state index is 0.0249. The van der Waals surface area contributed by atoms with Crippen LogP contribution in [0, 0.1) is 10.8 Å². The van der Waals surface area contributed by atoms with E-state index in [4.69, 9.17) is 4.74 Å². The van der Waals surface area contributed by atoms with E-state index in [1.165, 1.54) is 11.1 Å². The molecule has 154 valence electrons. The number of nitrogens with zero attached hydrogens (tertiary/aromatic N) is 2. The number of ether oxygens (including phenoxy) is 1. The number of imidazole rings is 1. The second-order valence-electron chi connectivity index (χ2n) is 9.64. The molecule has 0 radical (unpaired) electrons. The standard InChI is InChI=1S/C24H30N2O3/c1-16(2)29-22(28)24-10-7-23(8-11-24,9-12-24)21(27)13-19-17-5-3-4-6-18(17)20-14-25-15-26(19)20/h3-6,14-16,19,21,27H,7-13H2,1-2H3. The van der Waals surface area contributed by atoms with E-state index in [2.05, 4.69) is 33.8 Å². The molecule has 6 rings (SSSR count). The predicted octanol–water partition coefficient (Wildman–Crippen LogP) is 4.50. The number of aromatic nitrogens is 2. The summed E-state index contributed by atoms with van der Waals surface area (Å²) in [4.78, 5) is 17.0. The van der Waals surface area contributed by atoms with Crippen LogP contribution >= 0.6 is 0 Å². The first-order valence-electron chi connectivity index (χ1n) is 10.9. The molecule has 1 aliphatic heterocycles. The van der Waals surface area contributed by atoms with Crippen LogP contribution in [-0.2, 0) is 9.53 Å². The number of aliphatic hydroxyl groups is 1. The second kappa shape index (κ2) is 6.69. The van der Waals surface area contributed by atoms with Gasteiger partial charge >= 0.3 is 5.97 Å². The number of rotatable bonds is 5. The maximum atomic E-state index is 12.7. The van der Waals surface area contributed by atoms with Crippen molar-refractivity contribution in [1.29, 1.82) is 0 Å². The molecule has 1 N–H and O–H groups in total. The number of benzene rings is 1. The Morgan fingerprint density at radius 2 is 1.90 bits per heavy atom. The lowest BCUT2D eigenvalue weighted by molar-refractivity contribution is -0.175. The van der Waals surface area contributed by atoms with E-state index in [9.17, 15) is 9.90 Å². The topological polar surface area (TPSA) is 64.3 Å². The molecule has 2 bridgehead atoms. The maximum Gasteiger partial charge on any atom is 0.312 e. The highest BCUT2D eigenvalue weighted by molar-refractivity contribution is 5.77. The minimum atomic E-state index is -0.381. The Morgan fingerprint density at radius 1 is 1.21 bits per heavy atom. The van der Waals surface area contributed by atoms with E-state index in [-0.39, 0.29) is 35.0 Å². The van der Waals surface area contributed by atoms with Crippen molar-refractivity contribution in [2.45, 2.75) is 77.0 Å². The van der Waals surface area contributed by atoms with E-state index < -0.39 is 0 Å². The molecule has 2 atom stereocenters. The highest BCUT2D eigenvalue weighted by Gasteiger charge is 2.56. The molecule has 1 aromatic heterocycles. The fourth-order valence-corrected chi connectivity index (χ4v) is 5.99. The van der Waals surface area contributed by atoms with Gasteiger partial charge < -0.3 is 14.4 Å². The summed E-state index contributed by atoms with van der Waals surface area (Å²) in [6, 6.07) is 8.58. The van der Waals surface area contributed by atoms with Gasteiger partial charge in [0, 0.05) is 5.56 Å². The average molecular weight is 395 g/mol. The molecule has 1 aromatic carbocycles. The van der Waals surface area contributed by atoms with Crippen LogP contribution < -0.4 is 0 Å². The number of carbonyl (C=O) groups excluding carboxylic acids is 1. The number of aliphatic hydroxyl groups excluding tert-OH is 1. The lowest BCUT2D eigenvalue weighted by Gasteiger charge is -2.54. The smallest absolute Gasteiger partial charge is 0.312 e. The van der Waals surface area contributed by atoms with E-state index >= 15 is 0 Å². The van der Waals surface area contributed by atoms with Gasteiger partial charge in [0.25, 0.3) is 0 Å². The summed E-state index contributed by atoms with van der Waals surface area (Å²) in [5.74, 6) is -0.0249.